The average molecular weight is 496 g/mol. The van der Waals surface area contributed by atoms with Crippen molar-refractivity contribution in [1.82, 2.24) is 19.7 Å². The molecule has 180 valence electrons. The highest BCUT2D eigenvalue weighted by atomic mass is 32.2. The third-order valence-corrected chi connectivity index (χ3v) is 6.74. The molecule has 2 heterocycles. The van der Waals surface area contributed by atoms with Gasteiger partial charge in [0.2, 0.25) is 5.91 Å². The van der Waals surface area contributed by atoms with Gasteiger partial charge < -0.3 is 14.6 Å². The Labute approximate surface area is 213 Å². The van der Waals surface area contributed by atoms with Gasteiger partial charge in [-0.3, -0.25) is 4.79 Å². The zero-order chi connectivity index (χ0) is 24.9. The Hall–Kier alpha value is -4.17. The summed E-state index contributed by atoms with van der Waals surface area (Å²) in [7, 11) is 1.58. The Bertz CT molecular complexity index is 1520. The first-order valence-electron chi connectivity index (χ1n) is 11.6. The molecule has 8 heteroatoms. The topological polar surface area (TPSA) is 81.9 Å². The number of hydrogen-bond donors (Lipinski definition) is 1. The second-order valence-electron chi connectivity index (χ2n) is 8.03. The Morgan fingerprint density at radius 1 is 0.972 bits per heavy atom. The molecule has 0 saturated heterocycles. The van der Waals surface area contributed by atoms with E-state index < -0.39 is 0 Å². The quantitative estimate of drug-likeness (QED) is 0.269. The Morgan fingerprint density at radius 3 is 2.53 bits per heavy atom. The molecule has 0 saturated carbocycles. The number of aromatic nitrogens is 4. The highest BCUT2D eigenvalue weighted by molar-refractivity contribution is 7.99. The molecule has 0 fully saturated rings. The third kappa shape index (κ3) is 4.81. The van der Waals surface area contributed by atoms with E-state index in [1.165, 1.54) is 11.8 Å². The first-order chi connectivity index (χ1) is 17.7. The number of carbonyl (C=O) groups is 1. The van der Waals surface area contributed by atoms with Crippen molar-refractivity contribution in [3.8, 4) is 28.4 Å². The van der Waals surface area contributed by atoms with Gasteiger partial charge in [0.1, 0.15) is 5.75 Å². The third-order valence-electron chi connectivity index (χ3n) is 5.77. The van der Waals surface area contributed by atoms with Crippen molar-refractivity contribution in [3.05, 3.63) is 84.9 Å². The van der Waals surface area contributed by atoms with Gasteiger partial charge in [-0.15, -0.1) is 10.2 Å². The minimum atomic E-state index is -0.141. The van der Waals surface area contributed by atoms with Crippen molar-refractivity contribution < 1.29 is 9.53 Å². The van der Waals surface area contributed by atoms with Gasteiger partial charge in [0.25, 0.3) is 0 Å². The Morgan fingerprint density at radius 2 is 1.72 bits per heavy atom. The number of ether oxygens (including phenoxy) is 1. The van der Waals surface area contributed by atoms with Crippen molar-refractivity contribution in [1.29, 1.82) is 0 Å². The van der Waals surface area contributed by atoms with E-state index in [1.54, 1.807) is 7.11 Å². The van der Waals surface area contributed by atoms with E-state index in [-0.39, 0.29) is 11.7 Å². The number of nitrogens with one attached hydrogen (secondary N) is 1. The van der Waals surface area contributed by atoms with E-state index in [1.807, 2.05) is 84.3 Å². The maximum absolute atomic E-state index is 12.7. The molecule has 0 atom stereocenters. The summed E-state index contributed by atoms with van der Waals surface area (Å²) in [6.45, 7) is 2.71. The number of pyridine rings is 1. The lowest BCUT2D eigenvalue weighted by Gasteiger charge is -2.12. The molecular weight excluding hydrogens is 470 g/mol. The van der Waals surface area contributed by atoms with Crippen LogP contribution >= 0.6 is 11.8 Å². The van der Waals surface area contributed by atoms with Crippen molar-refractivity contribution >= 4 is 34.3 Å². The molecule has 0 aliphatic carbocycles. The number of anilines is 1. The fourth-order valence-electron chi connectivity index (χ4n) is 4.06. The van der Waals surface area contributed by atoms with Gasteiger partial charge in [-0.05, 0) is 31.2 Å². The molecule has 0 bridgehead atoms. The van der Waals surface area contributed by atoms with E-state index in [9.17, 15) is 4.79 Å². The molecule has 36 heavy (non-hydrogen) atoms. The normalized spacial score (nSPS) is 10.9. The molecule has 5 aromatic rings. The summed E-state index contributed by atoms with van der Waals surface area (Å²) in [6.07, 6.45) is 0. The van der Waals surface area contributed by atoms with E-state index in [0.29, 0.717) is 23.1 Å². The largest absolute Gasteiger partial charge is 0.495 e. The maximum Gasteiger partial charge on any atom is 0.234 e. The lowest BCUT2D eigenvalue weighted by molar-refractivity contribution is -0.113. The number of para-hydroxylation sites is 3. The van der Waals surface area contributed by atoms with E-state index in [2.05, 4.69) is 27.6 Å². The lowest BCUT2D eigenvalue weighted by Crippen LogP contribution is -2.15. The Kier molecular flexibility index (Phi) is 6.95. The van der Waals surface area contributed by atoms with Crippen LogP contribution in [-0.4, -0.2) is 38.5 Å². The number of carbonyl (C=O) groups excluding carboxylic acids is 1. The molecule has 0 aliphatic heterocycles. The predicted octanol–water partition coefficient (Wildman–Crippen LogP) is 5.92. The molecule has 3 aromatic carbocycles. The second-order valence-corrected chi connectivity index (χ2v) is 8.97. The van der Waals surface area contributed by atoms with Crippen LogP contribution in [0.2, 0.25) is 0 Å². The molecule has 0 radical (unpaired) electrons. The Balaban J connectivity index is 1.45. The van der Waals surface area contributed by atoms with Crippen molar-refractivity contribution in [2.24, 2.45) is 0 Å². The summed E-state index contributed by atoms with van der Waals surface area (Å²) in [5.74, 6) is 1.43. The fraction of sp³-hybridized carbons (Fsp3) is 0.143. The van der Waals surface area contributed by atoms with Crippen LogP contribution in [0, 0.1) is 0 Å². The van der Waals surface area contributed by atoms with Crippen LogP contribution in [0.1, 0.15) is 6.92 Å². The number of thioether (sulfide) groups is 1. The number of fused-ring (bicyclic) bond motifs is 1. The van der Waals surface area contributed by atoms with Crippen molar-refractivity contribution in [3.63, 3.8) is 0 Å². The smallest absolute Gasteiger partial charge is 0.234 e. The van der Waals surface area contributed by atoms with Crippen LogP contribution in [-0.2, 0) is 11.3 Å². The van der Waals surface area contributed by atoms with E-state index in [4.69, 9.17) is 9.72 Å². The highest BCUT2D eigenvalue weighted by Crippen LogP contribution is 2.33. The first kappa shape index (κ1) is 23.6. The number of benzene rings is 3. The fourth-order valence-corrected chi connectivity index (χ4v) is 4.86. The second kappa shape index (κ2) is 10.6. The van der Waals surface area contributed by atoms with Crippen LogP contribution in [0.25, 0.3) is 33.5 Å². The monoisotopic (exact) mass is 495 g/mol. The molecule has 7 nitrogen and oxygen atoms in total. The van der Waals surface area contributed by atoms with Crippen LogP contribution in [0.15, 0.2) is 90.1 Å². The standard InChI is InChI=1S/C28H25N5O2S/c1-3-33-27(31-32-28(33)36-18-26(34)30-23-15-9-10-16-25(23)35-2)21-17-24(19-11-5-4-6-12-19)29-22-14-8-7-13-20(21)22/h4-17H,3,18H2,1-2H3,(H,30,34). The molecule has 2 aromatic heterocycles. The predicted molar refractivity (Wildman–Crippen MR) is 144 cm³/mol. The molecule has 0 aliphatic rings. The number of nitrogens with zero attached hydrogens (tertiary/aromatic N) is 4. The zero-order valence-electron chi connectivity index (χ0n) is 20.0. The molecule has 0 unspecified atom stereocenters. The number of methoxy groups -OCH3 is 1. The number of amides is 1. The summed E-state index contributed by atoms with van der Waals surface area (Å²) >= 11 is 1.35. The van der Waals surface area contributed by atoms with Gasteiger partial charge in [0.15, 0.2) is 11.0 Å². The SMILES string of the molecule is CCn1c(SCC(=O)Nc2ccccc2OC)nnc1-c1cc(-c2ccccc2)nc2ccccc12. The van der Waals surface area contributed by atoms with E-state index in [0.717, 1.165) is 33.5 Å². The summed E-state index contributed by atoms with van der Waals surface area (Å²) < 4.78 is 7.36. The summed E-state index contributed by atoms with van der Waals surface area (Å²) in [5.41, 5.74) is 4.40. The van der Waals surface area contributed by atoms with Crippen molar-refractivity contribution in [2.45, 2.75) is 18.6 Å². The number of hydrogen-bond acceptors (Lipinski definition) is 6. The molecule has 0 spiro atoms. The first-order valence-corrected chi connectivity index (χ1v) is 12.6. The van der Waals surface area contributed by atoms with Gasteiger partial charge in [0, 0.05) is 23.1 Å². The summed E-state index contributed by atoms with van der Waals surface area (Å²) in [4.78, 5) is 17.5. The minimum Gasteiger partial charge on any atom is -0.495 e. The maximum atomic E-state index is 12.7. The van der Waals surface area contributed by atoms with Gasteiger partial charge in [-0.1, -0.05) is 72.4 Å². The van der Waals surface area contributed by atoms with Gasteiger partial charge in [0.05, 0.1) is 29.8 Å². The van der Waals surface area contributed by atoms with Crippen LogP contribution in [0.3, 0.4) is 0 Å². The molecule has 1 amide bonds. The van der Waals surface area contributed by atoms with Crippen molar-refractivity contribution in [2.75, 3.05) is 18.2 Å². The molecular formula is C28H25N5O2S. The number of rotatable bonds is 8. The van der Waals surface area contributed by atoms with E-state index >= 15 is 0 Å². The van der Waals surface area contributed by atoms with Gasteiger partial charge >= 0.3 is 0 Å². The average Bonchev–Trinajstić information content (AvgIpc) is 3.35. The summed E-state index contributed by atoms with van der Waals surface area (Å²) in [6, 6.07) is 27.6. The van der Waals surface area contributed by atoms with Gasteiger partial charge in [-0.2, -0.15) is 0 Å². The zero-order valence-corrected chi connectivity index (χ0v) is 20.8. The van der Waals surface area contributed by atoms with Crippen LogP contribution in [0.5, 0.6) is 5.75 Å². The summed E-state index contributed by atoms with van der Waals surface area (Å²) in [5, 5.41) is 13.6. The van der Waals surface area contributed by atoms with Gasteiger partial charge in [-0.25, -0.2) is 4.98 Å². The van der Waals surface area contributed by atoms with Crippen LogP contribution in [0.4, 0.5) is 5.69 Å². The minimum absolute atomic E-state index is 0.141. The lowest BCUT2D eigenvalue weighted by atomic mass is 10.0. The molecule has 1 N–H and O–H groups in total. The highest BCUT2D eigenvalue weighted by Gasteiger charge is 2.18. The van der Waals surface area contributed by atoms with Crippen LogP contribution < -0.4 is 10.1 Å². The molecule has 5 rings (SSSR count).